The number of hydrazine groups is 1. The molecule has 3 heteroatoms. The lowest BCUT2D eigenvalue weighted by molar-refractivity contribution is 0.00858. The quantitative estimate of drug-likeness (QED) is 0.620. The Hall–Kier alpha value is -0.900. The van der Waals surface area contributed by atoms with Crippen LogP contribution in [0.3, 0.4) is 0 Å². The van der Waals surface area contributed by atoms with E-state index >= 15 is 0 Å². The molecule has 1 aromatic carbocycles. The van der Waals surface area contributed by atoms with Crippen molar-refractivity contribution in [2.75, 3.05) is 6.61 Å². The Labute approximate surface area is 122 Å². The molecular weight excluding hydrogens is 248 g/mol. The van der Waals surface area contributed by atoms with Gasteiger partial charge in [0, 0.05) is 12.6 Å². The van der Waals surface area contributed by atoms with E-state index in [0.29, 0.717) is 12.1 Å². The van der Waals surface area contributed by atoms with Crippen LogP contribution in [-0.2, 0) is 11.2 Å². The van der Waals surface area contributed by atoms with Gasteiger partial charge in [-0.1, -0.05) is 23.8 Å². The van der Waals surface area contributed by atoms with Gasteiger partial charge in [-0.3, -0.25) is 11.3 Å². The molecule has 0 amide bonds. The first-order valence-corrected chi connectivity index (χ1v) is 7.83. The maximum atomic E-state index is 5.80. The molecule has 1 heterocycles. The van der Waals surface area contributed by atoms with Gasteiger partial charge < -0.3 is 4.74 Å². The van der Waals surface area contributed by atoms with E-state index in [2.05, 4.69) is 37.5 Å². The van der Waals surface area contributed by atoms with E-state index in [4.69, 9.17) is 10.6 Å². The number of hydrogen-bond acceptors (Lipinski definition) is 3. The number of nitrogens with one attached hydrogen (secondary N) is 1. The minimum atomic E-state index is 0.334. The van der Waals surface area contributed by atoms with Crippen molar-refractivity contribution in [3.05, 3.63) is 34.9 Å². The number of nitrogens with two attached hydrogens (primary N) is 1. The zero-order valence-corrected chi connectivity index (χ0v) is 12.8. The molecule has 0 aliphatic carbocycles. The molecule has 20 heavy (non-hydrogen) atoms. The molecule has 0 saturated carbocycles. The molecule has 0 radical (unpaired) electrons. The predicted molar refractivity (Wildman–Crippen MR) is 83.6 cm³/mol. The summed E-state index contributed by atoms with van der Waals surface area (Å²) in [5, 5.41) is 0. The van der Waals surface area contributed by atoms with Gasteiger partial charge in [0.15, 0.2) is 0 Å². The lowest BCUT2D eigenvalue weighted by Gasteiger charge is -2.25. The molecular formula is C17H28N2O. The van der Waals surface area contributed by atoms with Crippen LogP contribution >= 0.6 is 0 Å². The fourth-order valence-electron chi connectivity index (χ4n) is 2.95. The van der Waals surface area contributed by atoms with Gasteiger partial charge in [0.2, 0.25) is 0 Å². The van der Waals surface area contributed by atoms with E-state index < -0.39 is 0 Å². The van der Waals surface area contributed by atoms with Crippen molar-refractivity contribution in [1.29, 1.82) is 0 Å². The number of aryl methyl sites for hydroxylation is 2. The molecule has 2 rings (SSSR count). The van der Waals surface area contributed by atoms with Crippen LogP contribution in [0, 0.1) is 13.8 Å². The van der Waals surface area contributed by atoms with E-state index in [-0.39, 0.29) is 0 Å². The molecule has 1 aliphatic heterocycles. The molecule has 1 fully saturated rings. The van der Waals surface area contributed by atoms with Gasteiger partial charge >= 0.3 is 0 Å². The second-order valence-electron chi connectivity index (χ2n) is 6.06. The Morgan fingerprint density at radius 3 is 2.90 bits per heavy atom. The summed E-state index contributed by atoms with van der Waals surface area (Å²) in [6, 6.07) is 6.97. The lowest BCUT2D eigenvalue weighted by Crippen LogP contribution is -2.38. The average Bonchev–Trinajstić information content (AvgIpc) is 2.48. The Morgan fingerprint density at radius 2 is 2.20 bits per heavy atom. The van der Waals surface area contributed by atoms with Crippen molar-refractivity contribution < 1.29 is 4.74 Å². The van der Waals surface area contributed by atoms with Gasteiger partial charge in [-0.2, -0.15) is 0 Å². The standard InChI is InChI=1S/C17H28N2O/c1-13-6-7-14(2)15(11-13)12-16(19-18)8-9-17-5-3-4-10-20-17/h6-7,11,16-17,19H,3-5,8-10,12,18H2,1-2H3. The zero-order valence-electron chi connectivity index (χ0n) is 12.8. The van der Waals surface area contributed by atoms with E-state index in [1.165, 1.54) is 36.0 Å². The normalized spacial score (nSPS) is 20.9. The molecule has 0 spiro atoms. The van der Waals surface area contributed by atoms with Crippen molar-refractivity contribution in [2.45, 2.75) is 64.5 Å². The summed E-state index contributed by atoms with van der Waals surface area (Å²) in [6.07, 6.45) is 7.37. The highest BCUT2D eigenvalue weighted by atomic mass is 16.5. The third-order valence-corrected chi connectivity index (χ3v) is 4.32. The zero-order chi connectivity index (χ0) is 14.4. The second-order valence-corrected chi connectivity index (χ2v) is 6.06. The Kier molecular flexibility index (Phi) is 6.02. The minimum absolute atomic E-state index is 0.334. The lowest BCUT2D eigenvalue weighted by atomic mass is 9.95. The first-order valence-electron chi connectivity index (χ1n) is 7.83. The van der Waals surface area contributed by atoms with Crippen LogP contribution in [0.5, 0.6) is 0 Å². The van der Waals surface area contributed by atoms with E-state index in [0.717, 1.165) is 25.9 Å². The predicted octanol–water partition coefficient (Wildman–Crippen LogP) is 3.03. The first-order chi connectivity index (χ1) is 9.69. The molecule has 3 N–H and O–H groups in total. The maximum Gasteiger partial charge on any atom is 0.0575 e. The van der Waals surface area contributed by atoms with Crippen molar-refractivity contribution in [1.82, 2.24) is 5.43 Å². The fourth-order valence-corrected chi connectivity index (χ4v) is 2.95. The van der Waals surface area contributed by atoms with Crippen LogP contribution < -0.4 is 11.3 Å². The molecule has 0 aromatic heterocycles. The summed E-state index contributed by atoms with van der Waals surface area (Å²) in [4.78, 5) is 0. The highest BCUT2D eigenvalue weighted by Crippen LogP contribution is 2.20. The molecule has 1 aromatic rings. The van der Waals surface area contributed by atoms with Crippen LogP contribution in [0.15, 0.2) is 18.2 Å². The topological polar surface area (TPSA) is 47.3 Å². The average molecular weight is 276 g/mol. The van der Waals surface area contributed by atoms with Crippen molar-refractivity contribution in [2.24, 2.45) is 5.84 Å². The largest absolute Gasteiger partial charge is 0.378 e. The monoisotopic (exact) mass is 276 g/mol. The molecule has 1 saturated heterocycles. The molecule has 2 unspecified atom stereocenters. The minimum Gasteiger partial charge on any atom is -0.378 e. The van der Waals surface area contributed by atoms with Gasteiger partial charge in [-0.25, -0.2) is 0 Å². The number of benzene rings is 1. The third-order valence-electron chi connectivity index (χ3n) is 4.32. The second kappa shape index (κ2) is 7.77. The van der Waals surface area contributed by atoms with Crippen LogP contribution in [-0.4, -0.2) is 18.8 Å². The summed E-state index contributed by atoms with van der Waals surface area (Å²) in [5.74, 6) is 5.73. The van der Waals surface area contributed by atoms with Crippen LogP contribution in [0.2, 0.25) is 0 Å². The molecule has 112 valence electrons. The SMILES string of the molecule is Cc1ccc(C)c(CC(CCC2CCCCO2)NN)c1. The van der Waals surface area contributed by atoms with E-state index in [1.807, 2.05) is 0 Å². The van der Waals surface area contributed by atoms with Crippen molar-refractivity contribution in [3.63, 3.8) is 0 Å². The van der Waals surface area contributed by atoms with Crippen LogP contribution in [0.1, 0.15) is 48.8 Å². The third kappa shape index (κ3) is 4.58. The Bertz CT molecular complexity index is 413. The summed E-state index contributed by atoms with van der Waals surface area (Å²) in [5.41, 5.74) is 7.05. The molecule has 3 nitrogen and oxygen atoms in total. The van der Waals surface area contributed by atoms with Gasteiger partial charge in [-0.05, 0) is 63.5 Å². The van der Waals surface area contributed by atoms with Gasteiger partial charge in [-0.15, -0.1) is 0 Å². The molecule has 0 bridgehead atoms. The summed E-state index contributed by atoms with van der Waals surface area (Å²) < 4.78 is 5.80. The maximum absolute atomic E-state index is 5.80. The van der Waals surface area contributed by atoms with Crippen molar-refractivity contribution in [3.8, 4) is 0 Å². The fraction of sp³-hybridized carbons (Fsp3) is 0.647. The Balaban J connectivity index is 1.86. The van der Waals surface area contributed by atoms with Gasteiger partial charge in [0.1, 0.15) is 0 Å². The van der Waals surface area contributed by atoms with E-state index in [1.54, 1.807) is 0 Å². The highest BCUT2D eigenvalue weighted by molar-refractivity contribution is 5.31. The van der Waals surface area contributed by atoms with Crippen LogP contribution in [0.25, 0.3) is 0 Å². The highest BCUT2D eigenvalue weighted by Gasteiger charge is 2.17. The van der Waals surface area contributed by atoms with Gasteiger partial charge in [0.05, 0.1) is 6.10 Å². The van der Waals surface area contributed by atoms with E-state index in [9.17, 15) is 0 Å². The number of ether oxygens (including phenoxy) is 1. The summed E-state index contributed by atoms with van der Waals surface area (Å²) in [6.45, 7) is 5.25. The smallest absolute Gasteiger partial charge is 0.0575 e. The van der Waals surface area contributed by atoms with Gasteiger partial charge in [0.25, 0.3) is 0 Å². The van der Waals surface area contributed by atoms with Crippen LogP contribution in [0.4, 0.5) is 0 Å². The number of rotatable bonds is 6. The molecule has 1 aliphatic rings. The summed E-state index contributed by atoms with van der Waals surface area (Å²) >= 11 is 0. The first kappa shape index (κ1) is 15.5. The number of hydrogen-bond donors (Lipinski definition) is 2. The molecule has 2 atom stereocenters. The van der Waals surface area contributed by atoms with Crippen molar-refractivity contribution >= 4 is 0 Å². The Morgan fingerprint density at radius 1 is 1.35 bits per heavy atom. The summed E-state index contributed by atoms with van der Waals surface area (Å²) in [7, 11) is 0.